The smallest absolute Gasteiger partial charge is 0.271 e. The van der Waals surface area contributed by atoms with E-state index in [-0.39, 0.29) is 5.91 Å². The number of rotatable bonds is 7. The summed E-state index contributed by atoms with van der Waals surface area (Å²) < 4.78 is 6.56. The average Bonchev–Trinajstić information content (AvgIpc) is 2.97. The van der Waals surface area contributed by atoms with E-state index in [4.69, 9.17) is 10.5 Å². The Labute approximate surface area is 123 Å². The van der Waals surface area contributed by atoms with E-state index in [0.717, 1.165) is 18.5 Å². The van der Waals surface area contributed by atoms with Gasteiger partial charge in [-0.25, -0.2) is 4.68 Å². The quantitative estimate of drug-likeness (QED) is 0.599. The molecule has 3 N–H and O–H groups in total. The highest BCUT2D eigenvalue weighted by molar-refractivity contribution is 5.92. The Bertz CT molecular complexity index is 595. The van der Waals surface area contributed by atoms with E-state index in [2.05, 4.69) is 10.4 Å². The van der Waals surface area contributed by atoms with Crippen LogP contribution < -0.4 is 11.1 Å². The van der Waals surface area contributed by atoms with E-state index in [1.165, 1.54) is 0 Å². The van der Waals surface area contributed by atoms with Crippen LogP contribution in [0.3, 0.4) is 0 Å². The van der Waals surface area contributed by atoms with Gasteiger partial charge in [0, 0.05) is 26.5 Å². The number of methoxy groups -OCH3 is 1. The predicted molar refractivity (Wildman–Crippen MR) is 81.4 cm³/mol. The number of anilines is 1. The van der Waals surface area contributed by atoms with Crippen molar-refractivity contribution in [1.82, 2.24) is 15.1 Å². The third-order valence-electron chi connectivity index (χ3n) is 3.07. The topological polar surface area (TPSA) is 82.2 Å². The zero-order valence-electron chi connectivity index (χ0n) is 12.1. The SMILES string of the molecule is COCCCCNC(=O)c1ccn(-c2ccccc2N)n1. The van der Waals surface area contributed by atoms with Crippen LogP contribution in [0.15, 0.2) is 36.5 Å². The summed E-state index contributed by atoms with van der Waals surface area (Å²) in [4.78, 5) is 12.0. The van der Waals surface area contributed by atoms with E-state index in [1.807, 2.05) is 18.2 Å². The Hall–Kier alpha value is -2.34. The standard InChI is InChI=1S/C15H20N4O2/c1-21-11-5-4-9-17-15(20)13-8-10-19(18-13)14-7-3-2-6-12(14)16/h2-3,6-8,10H,4-5,9,11,16H2,1H3,(H,17,20). The van der Waals surface area contributed by atoms with Crippen molar-refractivity contribution in [2.75, 3.05) is 26.0 Å². The number of carbonyl (C=O) groups is 1. The molecule has 1 aromatic carbocycles. The van der Waals surface area contributed by atoms with Gasteiger partial charge in [-0.15, -0.1) is 0 Å². The van der Waals surface area contributed by atoms with Gasteiger partial charge >= 0.3 is 0 Å². The molecule has 0 aliphatic rings. The second-order valence-electron chi connectivity index (χ2n) is 4.66. The Morgan fingerprint density at radius 1 is 1.33 bits per heavy atom. The average molecular weight is 288 g/mol. The number of unbranched alkanes of at least 4 members (excludes halogenated alkanes) is 1. The van der Waals surface area contributed by atoms with Gasteiger partial charge in [-0.2, -0.15) is 5.10 Å². The Morgan fingerprint density at radius 3 is 2.90 bits per heavy atom. The summed E-state index contributed by atoms with van der Waals surface area (Å²) in [5.74, 6) is -0.180. The number of hydrogen-bond donors (Lipinski definition) is 2. The normalized spacial score (nSPS) is 10.5. The second-order valence-corrected chi connectivity index (χ2v) is 4.66. The molecule has 0 fully saturated rings. The van der Waals surface area contributed by atoms with Gasteiger partial charge in [-0.3, -0.25) is 4.79 Å². The number of nitrogens with zero attached hydrogens (tertiary/aromatic N) is 2. The third-order valence-corrected chi connectivity index (χ3v) is 3.07. The highest BCUT2D eigenvalue weighted by atomic mass is 16.5. The van der Waals surface area contributed by atoms with Crippen molar-refractivity contribution in [3.63, 3.8) is 0 Å². The molecule has 2 aromatic rings. The van der Waals surface area contributed by atoms with Gasteiger partial charge in [0.05, 0.1) is 11.4 Å². The van der Waals surface area contributed by atoms with E-state index in [1.54, 1.807) is 30.1 Å². The molecule has 6 heteroatoms. The molecule has 0 unspecified atom stereocenters. The van der Waals surface area contributed by atoms with Crippen LogP contribution in [0, 0.1) is 0 Å². The zero-order valence-corrected chi connectivity index (χ0v) is 12.1. The van der Waals surface area contributed by atoms with Crippen LogP contribution in [0.5, 0.6) is 0 Å². The summed E-state index contributed by atoms with van der Waals surface area (Å²) in [5, 5.41) is 7.09. The number of hydrogen-bond acceptors (Lipinski definition) is 4. The van der Waals surface area contributed by atoms with Crippen LogP contribution in [0.1, 0.15) is 23.3 Å². The number of carbonyl (C=O) groups excluding carboxylic acids is 1. The first kappa shape index (κ1) is 15.1. The molecule has 21 heavy (non-hydrogen) atoms. The predicted octanol–water partition coefficient (Wildman–Crippen LogP) is 1.61. The van der Waals surface area contributed by atoms with Crippen molar-refractivity contribution in [2.45, 2.75) is 12.8 Å². The first-order valence-corrected chi connectivity index (χ1v) is 6.90. The Balaban J connectivity index is 1.94. The Morgan fingerprint density at radius 2 is 2.14 bits per heavy atom. The number of nitrogens with two attached hydrogens (primary N) is 1. The number of benzene rings is 1. The van der Waals surface area contributed by atoms with Gasteiger partial charge in [-0.05, 0) is 31.0 Å². The largest absolute Gasteiger partial charge is 0.397 e. The van der Waals surface area contributed by atoms with Gasteiger partial charge in [0.2, 0.25) is 0 Å². The first-order chi connectivity index (χ1) is 10.2. The monoisotopic (exact) mass is 288 g/mol. The maximum absolute atomic E-state index is 12.0. The van der Waals surface area contributed by atoms with Gasteiger partial charge < -0.3 is 15.8 Å². The van der Waals surface area contributed by atoms with Crippen molar-refractivity contribution >= 4 is 11.6 Å². The molecule has 1 aromatic heterocycles. The molecule has 2 rings (SSSR count). The number of ether oxygens (including phenoxy) is 1. The van der Waals surface area contributed by atoms with Gasteiger partial charge in [0.1, 0.15) is 0 Å². The van der Waals surface area contributed by atoms with E-state index >= 15 is 0 Å². The molecule has 0 aliphatic carbocycles. The van der Waals surface area contributed by atoms with Crippen molar-refractivity contribution in [2.24, 2.45) is 0 Å². The van der Waals surface area contributed by atoms with Crippen LogP contribution in [-0.4, -0.2) is 35.9 Å². The van der Waals surface area contributed by atoms with Crippen molar-refractivity contribution in [1.29, 1.82) is 0 Å². The summed E-state index contributed by atoms with van der Waals surface area (Å²) in [5.41, 5.74) is 7.65. The van der Waals surface area contributed by atoms with Crippen molar-refractivity contribution in [3.05, 3.63) is 42.2 Å². The van der Waals surface area contributed by atoms with Crippen LogP contribution in [-0.2, 0) is 4.74 Å². The molecule has 0 bridgehead atoms. The highest BCUT2D eigenvalue weighted by Gasteiger charge is 2.10. The fourth-order valence-corrected chi connectivity index (χ4v) is 1.94. The maximum atomic E-state index is 12.0. The lowest BCUT2D eigenvalue weighted by Crippen LogP contribution is -2.25. The summed E-state index contributed by atoms with van der Waals surface area (Å²) in [6, 6.07) is 9.07. The molecule has 0 radical (unpaired) electrons. The zero-order chi connectivity index (χ0) is 15.1. The van der Waals surface area contributed by atoms with Gasteiger partial charge in [0.25, 0.3) is 5.91 Å². The first-order valence-electron chi connectivity index (χ1n) is 6.90. The molecular formula is C15H20N4O2. The lowest BCUT2D eigenvalue weighted by atomic mass is 10.3. The summed E-state index contributed by atoms with van der Waals surface area (Å²) in [6.45, 7) is 1.32. The van der Waals surface area contributed by atoms with Crippen LogP contribution in [0.25, 0.3) is 5.69 Å². The number of nitrogens with one attached hydrogen (secondary N) is 1. The third kappa shape index (κ3) is 4.06. The number of para-hydroxylation sites is 2. The molecule has 1 amide bonds. The Kier molecular flexibility index (Phi) is 5.34. The van der Waals surface area contributed by atoms with E-state index in [9.17, 15) is 4.79 Å². The summed E-state index contributed by atoms with van der Waals surface area (Å²) in [7, 11) is 1.67. The lowest BCUT2D eigenvalue weighted by Gasteiger charge is -2.05. The van der Waals surface area contributed by atoms with E-state index < -0.39 is 0 Å². The minimum Gasteiger partial charge on any atom is -0.397 e. The molecule has 0 spiro atoms. The van der Waals surface area contributed by atoms with Crippen LogP contribution in [0.4, 0.5) is 5.69 Å². The molecule has 6 nitrogen and oxygen atoms in total. The number of nitrogen functional groups attached to an aromatic ring is 1. The number of amides is 1. The van der Waals surface area contributed by atoms with Gasteiger partial charge in [0.15, 0.2) is 5.69 Å². The van der Waals surface area contributed by atoms with Crippen LogP contribution >= 0.6 is 0 Å². The van der Waals surface area contributed by atoms with Crippen LogP contribution in [0.2, 0.25) is 0 Å². The lowest BCUT2D eigenvalue weighted by molar-refractivity contribution is 0.0946. The molecular weight excluding hydrogens is 268 g/mol. The number of aromatic nitrogens is 2. The molecule has 0 saturated carbocycles. The molecule has 1 heterocycles. The molecule has 0 saturated heterocycles. The van der Waals surface area contributed by atoms with Crippen molar-refractivity contribution in [3.8, 4) is 5.69 Å². The molecule has 112 valence electrons. The summed E-state index contributed by atoms with van der Waals surface area (Å²) in [6.07, 6.45) is 3.53. The fourth-order valence-electron chi connectivity index (χ4n) is 1.94. The second kappa shape index (κ2) is 7.44. The van der Waals surface area contributed by atoms with Gasteiger partial charge in [-0.1, -0.05) is 12.1 Å². The minimum absolute atomic E-state index is 0.180. The molecule has 0 atom stereocenters. The summed E-state index contributed by atoms with van der Waals surface area (Å²) >= 11 is 0. The van der Waals surface area contributed by atoms with Crippen molar-refractivity contribution < 1.29 is 9.53 Å². The minimum atomic E-state index is -0.180. The fraction of sp³-hybridized carbons (Fsp3) is 0.333. The molecule has 0 aliphatic heterocycles. The maximum Gasteiger partial charge on any atom is 0.271 e. The van der Waals surface area contributed by atoms with E-state index in [0.29, 0.717) is 24.5 Å². The highest BCUT2D eigenvalue weighted by Crippen LogP contribution is 2.15.